The van der Waals surface area contributed by atoms with Gasteiger partial charge >= 0.3 is 5.97 Å². The van der Waals surface area contributed by atoms with Gasteiger partial charge in [0.25, 0.3) is 0 Å². The van der Waals surface area contributed by atoms with Crippen molar-refractivity contribution in [1.82, 2.24) is 19.4 Å². The Morgan fingerprint density at radius 2 is 2.00 bits per heavy atom. The fourth-order valence-corrected chi connectivity index (χ4v) is 3.76. The van der Waals surface area contributed by atoms with Gasteiger partial charge in [0.1, 0.15) is 16.4 Å². The van der Waals surface area contributed by atoms with E-state index in [-0.39, 0.29) is 0 Å². The van der Waals surface area contributed by atoms with Crippen LogP contribution in [0, 0.1) is 6.92 Å². The molecule has 3 heterocycles. The number of methoxy groups -OCH3 is 1. The number of carbonyl (C=O) groups excluding carboxylic acids is 1. The van der Waals surface area contributed by atoms with Crippen LogP contribution in [0.2, 0.25) is 0 Å². The largest absolute Gasteiger partial charge is 0.465 e. The molecule has 4 rings (SSSR count). The SMILES string of the molecule is COC(=O)c1cccn2cc(CSc3nc(C)nc4ccccc34)nc12. The summed E-state index contributed by atoms with van der Waals surface area (Å²) in [6.07, 6.45) is 3.79. The number of para-hydroxylation sites is 1. The van der Waals surface area contributed by atoms with Crippen molar-refractivity contribution >= 4 is 34.3 Å². The minimum absolute atomic E-state index is 0.391. The van der Waals surface area contributed by atoms with Gasteiger partial charge in [-0.2, -0.15) is 0 Å². The van der Waals surface area contributed by atoms with E-state index in [1.807, 2.05) is 48.0 Å². The first-order chi connectivity index (χ1) is 12.7. The number of esters is 1. The number of hydrogen-bond donors (Lipinski definition) is 0. The van der Waals surface area contributed by atoms with Crippen molar-refractivity contribution in [2.45, 2.75) is 17.7 Å². The van der Waals surface area contributed by atoms with E-state index in [4.69, 9.17) is 4.74 Å². The highest BCUT2D eigenvalue weighted by atomic mass is 32.2. The Labute approximate surface area is 154 Å². The molecule has 0 aliphatic heterocycles. The van der Waals surface area contributed by atoms with E-state index in [0.717, 1.165) is 27.4 Å². The highest BCUT2D eigenvalue weighted by molar-refractivity contribution is 7.98. The summed E-state index contributed by atoms with van der Waals surface area (Å²) >= 11 is 1.61. The molecule has 0 aliphatic carbocycles. The molecule has 130 valence electrons. The molecule has 3 aromatic heterocycles. The van der Waals surface area contributed by atoms with Crippen LogP contribution in [-0.2, 0) is 10.5 Å². The zero-order chi connectivity index (χ0) is 18.1. The number of pyridine rings is 1. The van der Waals surface area contributed by atoms with E-state index in [1.54, 1.807) is 23.9 Å². The molecule has 4 aromatic rings. The Kier molecular flexibility index (Phi) is 4.30. The molecule has 0 N–H and O–H groups in total. The quantitative estimate of drug-likeness (QED) is 0.313. The molecule has 0 saturated carbocycles. The lowest BCUT2D eigenvalue weighted by molar-refractivity contribution is 0.0602. The van der Waals surface area contributed by atoms with Crippen LogP contribution in [0.15, 0.2) is 53.8 Å². The summed E-state index contributed by atoms with van der Waals surface area (Å²) in [7, 11) is 1.37. The molecule has 0 atom stereocenters. The van der Waals surface area contributed by atoms with Crippen LogP contribution >= 0.6 is 11.8 Å². The van der Waals surface area contributed by atoms with Gasteiger partial charge in [-0.1, -0.05) is 30.0 Å². The molecule has 0 unspecified atom stereocenters. The number of benzene rings is 1. The van der Waals surface area contributed by atoms with Crippen molar-refractivity contribution < 1.29 is 9.53 Å². The molecule has 1 aromatic carbocycles. The Bertz CT molecular complexity index is 1120. The first kappa shape index (κ1) is 16.5. The number of thioether (sulfide) groups is 1. The monoisotopic (exact) mass is 364 g/mol. The van der Waals surface area contributed by atoms with Crippen molar-refractivity contribution in [3.63, 3.8) is 0 Å². The van der Waals surface area contributed by atoms with Crippen molar-refractivity contribution in [3.8, 4) is 0 Å². The van der Waals surface area contributed by atoms with Crippen molar-refractivity contribution in [3.05, 3.63) is 65.9 Å². The number of aromatic nitrogens is 4. The average Bonchev–Trinajstić information content (AvgIpc) is 3.08. The number of aryl methyl sites for hydroxylation is 1. The second-order valence-corrected chi connectivity index (χ2v) is 6.72. The molecule has 0 radical (unpaired) electrons. The Morgan fingerprint density at radius 1 is 1.15 bits per heavy atom. The number of nitrogens with zero attached hydrogens (tertiary/aromatic N) is 4. The number of carbonyl (C=O) groups is 1. The van der Waals surface area contributed by atoms with Gasteiger partial charge in [0.2, 0.25) is 0 Å². The third kappa shape index (κ3) is 3.01. The average molecular weight is 364 g/mol. The normalized spacial score (nSPS) is 11.2. The third-order valence-electron chi connectivity index (χ3n) is 3.97. The van der Waals surface area contributed by atoms with E-state index in [0.29, 0.717) is 17.0 Å². The smallest absolute Gasteiger partial charge is 0.341 e. The predicted molar refractivity (Wildman–Crippen MR) is 100 cm³/mol. The highest BCUT2D eigenvalue weighted by Crippen LogP contribution is 2.28. The fourth-order valence-electron chi connectivity index (χ4n) is 2.81. The maximum Gasteiger partial charge on any atom is 0.341 e. The lowest BCUT2D eigenvalue weighted by Gasteiger charge is -2.05. The second-order valence-electron chi connectivity index (χ2n) is 5.76. The standard InChI is InChI=1S/C19H16N4O2S/c1-12-20-16-8-4-3-6-14(16)18(21-12)26-11-13-10-23-9-5-7-15(17(23)22-13)19(24)25-2/h3-10H,11H2,1-2H3. The van der Waals surface area contributed by atoms with Gasteiger partial charge in [0.15, 0.2) is 5.65 Å². The third-order valence-corrected chi connectivity index (χ3v) is 5.00. The first-order valence-electron chi connectivity index (χ1n) is 8.07. The number of fused-ring (bicyclic) bond motifs is 2. The topological polar surface area (TPSA) is 69.4 Å². The minimum Gasteiger partial charge on any atom is -0.465 e. The van der Waals surface area contributed by atoms with E-state index in [1.165, 1.54) is 7.11 Å². The fraction of sp³-hybridized carbons (Fsp3) is 0.158. The summed E-state index contributed by atoms with van der Waals surface area (Å²) < 4.78 is 6.67. The second kappa shape index (κ2) is 6.76. The lowest BCUT2D eigenvalue weighted by Crippen LogP contribution is -2.03. The Morgan fingerprint density at radius 3 is 2.85 bits per heavy atom. The number of ether oxygens (including phenoxy) is 1. The molecule has 0 spiro atoms. The van der Waals surface area contributed by atoms with Gasteiger partial charge in [-0.05, 0) is 25.1 Å². The highest BCUT2D eigenvalue weighted by Gasteiger charge is 2.14. The van der Waals surface area contributed by atoms with Crippen molar-refractivity contribution in [2.24, 2.45) is 0 Å². The van der Waals surface area contributed by atoms with Crippen LogP contribution in [0.5, 0.6) is 0 Å². The van der Waals surface area contributed by atoms with Gasteiger partial charge in [0.05, 0.1) is 18.3 Å². The minimum atomic E-state index is -0.391. The van der Waals surface area contributed by atoms with E-state index < -0.39 is 5.97 Å². The van der Waals surface area contributed by atoms with Crippen molar-refractivity contribution in [2.75, 3.05) is 7.11 Å². The van der Waals surface area contributed by atoms with Gasteiger partial charge < -0.3 is 9.14 Å². The molecular weight excluding hydrogens is 348 g/mol. The van der Waals surface area contributed by atoms with Gasteiger partial charge in [-0.25, -0.2) is 19.7 Å². The molecule has 0 bridgehead atoms. The Hall–Kier alpha value is -2.93. The summed E-state index contributed by atoms with van der Waals surface area (Å²) in [6.45, 7) is 1.89. The van der Waals surface area contributed by atoms with Gasteiger partial charge in [-0.3, -0.25) is 0 Å². The zero-order valence-electron chi connectivity index (χ0n) is 14.3. The van der Waals surface area contributed by atoms with Crippen LogP contribution in [0.4, 0.5) is 0 Å². The molecule has 0 amide bonds. The van der Waals surface area contributed by atoms with Gasteiger partial charge in [-0.15, -0.1) is 0 Å². The number of imidazole rings is 1. The zero-order valence-corrected chi connectivity index (χ0v) is 15.2. The summed E-state index contributed by atoms with van der Waals surface area (Å²) in [5.74, 6) is 0.995. The predicted octanol–water partition coefficient (Wildman–Crippen LogP) is 3.66. The molecule has 0 fully saturated rings. The number of hydrogen-bond acceptors (Lipinski definition) is 6. The summed E-state index contributed by atoms with van der Waals surface area (Å²) in [5.41, 5.74) is 2.85. The summed E-state index contributed by atoms with van der Waals surface area (Å²) in [4.78, 5) is 25.5. The van der Waals surface area contributed by atoms with Crippen LogP contribution < -0.4 is 0 Å². The van der Waals surface area contributed by atoms with Crippen molar-refractivity contribution in [1.29, 1.82) is 0 Å². The maximum atomic E-state index is 11.9. The number of rotatable bonds is 4. The summed E-state index contributed by atoms with van der Waals surface area (Å²) in [6, 6.07) is 11.5. The van der Waals surface area contributed by atoms with E-state index >= 15 is 0 Å². The molecule has 0 aliphatic rings. The Balaban J connectivity index is 1.66. The molecule has 6 nitrogen and oxygen atoms in total. The van der Waals surface area contributed by atoms with Gasteiger partial charge in [0, 0.05) is 23.5 Å². The molecule has 26 heavy (non-hydrogen) atoms. The molecule has 7 heteroatoms. The van der Waals surface area contributed by atoms with E-state index in [9.17, 15) is 4.79 Å². The molecular formula is C19H16N4O2S. The molecule has 0 saturated heterocycles. The summed E-state index contributed by atoms with van der Waals surface area (Å²) in [5, 5.41) is 1.96. The lowest BCUT2D eigenvalue weighted by atomic mass is 10.2. The van der Waals surface area contributed by atoms with Crippen LogP contribution in [-0.4, -0.2) is 32.4 Å². The van der Waals surface area contributed by atoms with Crippen LogP contribution in [0.1, 0.15) is 21.9 Å². The van der Waals surface area contributed by atoms with Crippen LogP contribution in [0.25, 0.3) is 16.6 Å². The van der Waals surface area contributed by atoms with Crippen LogP contribution in [0.3, 0.4) is 0 Å². The maximum absolute atomic E-state index is 11.9. The first-order valence-corrected chi connectivity index (χ1v) is 9.05. The van der Waals surface area contributed by atoms with E-state index in [2.05, 4.69) is 15.0 Å².